The fourth-order valence-corrected chi connectivity index (χ4v) is 3.13. The highest BCUT2D eigenvalue weighted by molar-refractivity contribution is 7.80. The van der Waals surface area contributed by atoms with E-state index in [1.54, 1.807) is 36.4 Å². The van der Waals surface area contributed by atoms with Gasteiger partial charge in [0.1, 0.15) is 17.2 Å². The minimum atomic E-state index is -4.43. The number of amides is 1. The summed E-state index contributed by atoms with van der Waals surface area (Å²) < 4.78 is 44.3. The predicted octanol–water partition coefficient (Wildman–Crippen LogP) is 5.59. The van der Waals surface area contributed by atoms with Crippen LogP contribution < -0.4 is 20.7 Å². The summed E-state index contributed by atoms with van der Waals surface area (Å²) in [6, 6.07) is 15.0. The Balaban J connectivity index is 1.34. The van der Waals surface area contributed by atoms with Gasteiger partial charge in [0.15, 0.2) is 5.11 Å². The van der Waals surface area contributed by atoms with Crippen molar-refractivity contribution in [1.82, 2.24) is 10.3 Å². The molecule has 3 N–H and O–H groups in total. The number of aromatic nitrogens is 1. The van der Waals surface area contributed by atoms with Crippen LogP contribution in [0.3, 0.4) is 0 Å². The average Bonchev–Trinajstić information content (AvgIpc) is 3.59. The summed E-state index contributed by atoms with van der Waals surface area (Å²) in [5, 5.41) is 8.66. The van der Waals surface area contributed by atoms with Gasteiger partial charge in [-0.1, -0.05) is 6.07 Å². The fourth-order valence-electron chi connectivity index (χ4n) is 2.89. The Morgan fingerprint density at radius 1 is 0.970 bits per heavy atom. The Morgan fingerprint density at radius 3 is 2.39 bits per heavy atom. The van der Waals surface area contributed by atoms with Gasteiger partial charge in [-0.3, -0.25) is 9.78 Å². The molecular formula is C23H19F3N4O2S. The molecule has 1 aliphatic carbocycles. The van der Waals surface area contributed by atoms with Gasteiger partial charge in [0.2, 0.25) is 0 Å². The molecule has 1 aromatic heterocycles. The van der Waals surface area contributed by atoms with Crippen LogP contribution in [0.4, 0.5) is 24.5 Å². The van der Waals surface area contributed by atoms with Gasteiger partial charge >= 0.3 is 6.18 Å². The lowest BCUT2D eigenvalue weighted by Gasteiger charge is -2.13. The smallest absolute Gasteiger partial charge is 0.416 e. The number of ether oxygens (including phenoxy) is 1. The van der Waals surface area contributed by atoms with Crippen LogP contribution in [0, 0.1) is 0 Å². The average molecular weight is 472 g/mol. The third kappa shape index (κ3) is 6.42. The van der Waals surface area contributed by atoms with Crippen molar-refractivity contribution in [2.45, 2.75) is 25.1 Å². The number of carbonyl (C=O) groups excluding carboxylic acids is 1. The van der Waals surface area contributed by atoms with Crippen LogP contribution in [0.5, 0.6) is 11.5 Å². The molecule has 3 aromatic rings. The number of benzene rings is 2. The Morgan fingerprint density at radius 2 is 1.70 bits per heavy atom. The lowest BCUT2D eigenvalue weighted by molar-refractivity contribution is -0.137. The van der Waals surface area contributed by atoms with Gasteiger partial charge in [-0.2, -0.15) is 13.2 Å². The van der Waals surface area contributed by atoms with Crippen LogP contribution in [-0.4, -0.2) is 22.0 Å². The van der Waals surface area contributed by atoms with Gasteiger partial charge in [-0.15, -0.1) is 0 Å². The van der Waals surface area contributed by atoms with Crippen LogP contribution in [-0.2, 0) is 6.18 Å². The van der Waals surface area contributed by atoms with Gasteiger partial charge in [-0.05, 0) is 73.6 Å². The third-order valence-electron chi connectivity index (χ3n) is 4.67. The van der Waals surface area contributed by atoms with Crippen molar-refractivity contribution in [3.05, 3.63) is 78.1 Å². The molecule has 10 heteroatoms. The van der Waals surface area contributed by atoms with Crippen molar-refractivity contribution in [2.75, 3.05) is 10.6 Å². The number of hydrogen-bond acceptors (Lipinski definition) is 4. The molecule has 33 heavy (non-hydrogen) atoms. The first-order valence-corrected chi connectivity index (χ1v) is 10.5. The quantitative estimate of drug-likeness (QED) is 0.406. The highest BCUT2D eigenvalue weighted by atomic mass is 32.1. The third-order valence-corrected chi connectivity index (χ3v) is 4.88. The molecule has 1 fully saturated rings. The van der Waals surface area contributed by atoms with Crippen molar-refractivity contribution in [2.24, 2.45) is 0 Å². The number of hydrogen-bond donors (Lipinski definition) is 3. The molecule has 0 unspecified atom stereocenters. The summed E-state index contributed by atoms with van der Waals surface area (Å²) in [6.45, 7) is 0. The van der Waals surface area contributed by atoms with E-state index in [0.717, 1.165) is 25.0 Å². The summed E-state index contributed by atoms with van der Waals surface area (Å²) in [7, 11) is 0. The monoisotopic (exact) mass is 472 g/mol. The largest absolute Gasteiger partial charge is 0.457 e. The minimum absolute atomic E-state index is 0.142. The molecule has 1 heterocycles. The number of carbonyl (C=O) groups is 1. The van der Waals surface area contributed by atoms with Gasteiger partial charge < -0.3 is 20.7 Å². The Labute approximate surface area is 193 Å². The molecule has 170 valence electrons. The number of thiocarbonyl (C=S) groups is 1. The van der Waals surface area contributed by atoms with Crippen LogP contribution in [0.25, 0.3) is 0 Å². The second kappa shape index (κ2) is 9.45. The lowest BCUT2D eigenvalue weighted by Crippen LogP contribution is -2.26. The van der Waals surface area contributed by atoms with E-state index in [1.165, 1.54) is 18.3 Å². The number of alkyl halides is 3. The second-order valence-electron chi connectivity index (χ2n) is 7.41. The number of nitrogens with one attached hydrogen (secondary N) is 3. The van der Waals surface area contributed by atoms with E-state index in [0.29, 0.717) is 17.2 Å². The molecule has 0 radical (unpaired) electrons. The zero-order valence-electron chi connectivity index (χ0n) is 17.1. The van der Waals surface area contributed by atoms with Crippen molar-refractivity contribution in [3.63, 3.8) is 0 Å². The zero-order chi connectivity index (χ0) is 23.4. The maximum absolute atomic E-state index is 12.8. The van der Waals surface area contributed by atoms with E-state index in [9.17, 15) is 18.0 Å². The molecule has 6 nitrogen and oxygen atoms in total. The second-order valence-corrected chi connectivity index (χ2v) is 7.82. The standard InChI is InChI=1S/C23H19F3N4O2S/c24-23(25,26)14-2-1-3-17(12-14)30-22(33)29-16-6-8-18(9-7-16)32-19-10-11-27-20(13-19)21(31)28-15-4-5-15/h1-3,6-13,15H,4-5H2,(H,28,31)(H2,29,30,33). The summed E-state index contributed by atoms with van der Waals surface area (Å²) in [5.74, 6) is 0.759. The van der Waals surface area contributed by atoms with Gasteiger partial charge in [-0.25, -0.2) is 0 Å². The molecule has 1 saturated carbocycles. The number of nitrogens with zero attached hydrogens (tertiary/aromatic N) is 1. The highest BCUT2D eigenvalue weighted by Crippen LogP contribution is 2.31. The van der Waals surface area contributed by atoms with Crippen LogP contribution in [0.2, 0.25) is 0 Å². The lowest BCUT2D eigenvalue weighted by atomic mass is 10.2. The van der Waals surface area contributed by atoms with E-state index in [4.69, 9.17) is 17.0 Å². The van der Waals surface area contributed by atoms with E-state index in [2.05, 4.69) is 20.9 Å². The van der Waals surface area contributed by atoms with Crippen molar-refractivity contribution in [1.29, 1.82) is 0 Å². The van der Waals surface area contributed by atoms with Crippen LogP contribution in [0.15, 0.2) is 66.9 Å². The van der Waals surface area contributed by atoms with Crippen LogP contribution in [0.1, 0.15) is 28.9 Å². The van der Waals surface area contributed by atoms with Crippen LogP contribution >= 0.6 is 12.2 Å². The van der Waals surface area contributed by atoms with E-state index in [1.807, 2.05) is 0 Å². The molecule has 0 saturated heterocycles. The number of anilines is 2. The number of halogens is 3. The maximum Gasteiger partial charge on any atom is 0.416 e. The molecule has 1 aliphatic rings. The summed E-state index contributed by atoms with van der Waals surface area (Å²) >= 11 is 5.19. The summed E-state index contributed by atoms with van der Waals surface area (Å²) in [5.41, 5.74) is 0.359. The maximum atomic E-state index is 12.8. The normalized spacial score (nSPS) is 13.2. The first-order valence-electron chi connectivity index (χ1n) is 10.1. The van der Waals surface area contributed by atoms with E-state index in [-0.39, 0.29) is 28.4 Å². The fraction of sp³-hybridized carbons (Fsp3) is 0.174. The molecule has 0 atom stereocenters. The molecule has 0 bridgehead atoms. The first-order chi connectivity index (χ1) is 15.8. The summed E-state index contributed by atoms with van der Waals surface area (Å²) in [6.07, 6.45) is -0.952. The zero-order valence-corrected chi connectivity index (χ0v) is 18.0. The number of rotatable bonds is 6. The summed E-state index contributed by atoms with van der Waals surface area (Å²) in [4.78, 5) is 16.2. The molecule has 1 amide bonds. The molecule has 2 aromatic carbocycles. The Hall–Kier alpha value is -3.66. The molecule has 0 aliphatic heterocycles. The van der Waals surface area contributed by atoms with Gasteiger partial charge in [0, 0.05) is 29.7 Å². The van der Waals surface area contributed by atoms with Gasteiger partial charge in [0.05, 0.1) is 5.56 Å². The van der Waals surface area contributed by atoms with Crippen molar-refractivity contribution >= 4 is 34.6 Å². The van der Waals surface area contributed by atoms with Crippen molar-refractivity contribution in [3.8, 4) is 11.5 Å². The minimum Gasteiger partial charge on any atom is -0.457 e. The SMILES string of the molecule is O=C(NC1CC1)c1cc(Oc2ccc(NC(=S)Nc3cccc(C(F)(F)F)c3)cc2)ccn1. The van der Waals surface area contributed by atoms with E-state index < -0.39 is 11.7 Å². The predicted molar refractivity (Wildman–Crippen MR) is 123 cm³/mol. The Kier molecular flexibility index (Phi) is 6.45. The van der Waals surface area contributed by atoms with Crippen molar-refractivity contribution < 1.29 is 22.7 Å². The highest BCUT2D eigenvalue weighted by Gasteiger charge is 2.30. The topological polar surface area (TPSA) is 75.3 Å². The Bertz CT molecular complexity index is 1160. The molecule has 4 rings (SSSR count). The number of pyridine rings is 1. The first kappa shape index (κ1) is 22.5. The molecular weight excluding hydrogens is 453 g/mol. The molecule has 0 spiro atoms. The van der Waals surface area contributed by atoms with Gasteiger partial charge in [0.25, 0.3) is 5.91 Å². The van der Waals surface area contributed by atoms with E-state index >= 15 is 0 Å².